The first-order valence-electron chi connectivity index (χ1n) is 10.4. The van der Waals surface area contributed by atoms with E-state index in [0.717, 1.165) is 49.2 Å². The van der Waals surface area contributed by atoms with E-state index in [2.05, 4.69) is 5.32 Å². The Hall–Kier alpha value is -2.18. The van der Waals surface area contributed by atoms with Crippen molar-refractivity contribution in [1.29, 1.82) is 0 Å². The van der Waals surface area contributed by atoms with Gasteiger partial charge in [-0.15, -0.1) is 11.3 Å². The van der Waals surface area contributed by atoms with Crippen molar-refractivity contribution in [1.82, 2.24) is 10.2 Å². The number of ether oxygens (including phenoxy) is 1. The van der Waals surface area contributed by atoms with Gasteiger partial charge in [0.2, 0.25) is 5.91 Å². The van der Waals surface area contributed by atoms with Gasteiger partial charge in [-0.3, -0.25) is 9.59 Å². The first-order valence-corrected chi connectivity index (χ1v) is 11.3. The lowest BCUT2D eigenvalue weighted by molar-refractivity contribution is -0.134. The zero-order chi connectivity index (χ0) is 20.1. The van der Waals surface area contributed by atoms with Crippen molar-refractivity contribution in [2.75, 3.05) is 19.7 Å². The summed E-state index contributed by atoms with van der Waals surface area (Å²) in [6.45, 7) is 2.73. The van der Waals surface area contributed by atoms with E-state index in [1.165, 1.54) is 11.3 Å². The third-order valence-electron chi connectivity index (χ3n) is 6.10. The minimum absolute atomic E-state index is 0.112. The molecule has 2 aliphatic rings. The first kappa shape index (κ1) is 20.1. The molecule has 4 rings (SSSR count). The van der Waals surface area contributed by atoms with Gasteiger partial charge in [0.25, 0.3) is 5.91 Å². The lowest BCUT2D eigenvalue weighted by Crippen LogP contribution is -2.51. The summed E-state index contributed by atoms with van der Waals surface area (Å²) in [6, 6.07) is 13.8. The fourth-order valence-electron chi connectivity index (χ4n) is 4.46. The van der Waals surface area contributed by atoms with Crippen LogP contribution in [0.1, 0.15) is 47.3 Å². The van der Waals surface area contributed by atoms with Gasteiger partial charge in [-0.05, 0) is 48.6 Å². The third-order valence-corrected chi connectivity index (χ3v) is 6.95. The van der Waals surface area contributed by atoms with Gasteiger partial charge in [-0.1, -0.05) is 36.4 Å². The summed E-state index contributed by atoms with van der Waals surface area (Å²) >= 11 is 1.50. The van der Waals surface area contributed by atoms with Crippen LogP contribution in [0.5, 0.6) is 0 Å². The fraction of sp³-hybridized carbons (Fsp3) is 0.478. The van der Waals surface area contributed by atoms with Crippen LogP contribution < -0.4 is 5.32 Å². The van der Waals surface area contributed by atoms with E-state index in [0.29, 0.717) is 25.5 Å². The number of carbonyl (C=O) groups excluding carboxylic acids is 2. The maximum atomic E-state index is 12.6. The molecule has 154 valence electrons. The lowest BCUT2D eigenvalue weighted by Gasteiger charge is -2.46. The van der Waals surface area contributed by atoms with Crippen LogP contribution in [0.3, 0.4) is 0 Å². The lowest BCUT2D eigenvalue weighted by atomic mass is 9.78. The van der Waals surface area contributed by atoms with Gasteiger partial charge >= 0.3 is 0 Å². The van der Waals surface area contributed by atoms with Gasteiger partial charge in [-0.2, -0.15) is 0 Å². The zero-order valence-electron chi connectivity index (χ0n) is 16.6. The summed E-state index contributed by atoms with van der Waals surface area (Å²) < 4.78 is 6.20. The van der Waals surface area contributed by atoms with Crippen LogP contribution >= 0.6 is 11.3 Å². The third kappa shape index (κ3) is 5.06. The number of rotatable bonds is 5. The van der Waals surface area contributed by atoms with Crippen molar-refractivity contribution in [3.63, 3.8) is 0 Å². The molecule has 29 heavy (non-hydrogen) atoms. The number of amides is 2. The highest BCUT2D eigenvalue weighted by Gasteiger charge is 2.41. The Balaban J connectivity index is 1.26. The topological polar surface area (TPSA) is 58.6 Å². The molecule has 1 N–H and O–H groups in total. The van der Waals surface area contributed by atoms with Gasteiger partial charge in [0, 0.05) is 32.7 Å². The Morgan fingerprint density at radius 1 is 1.14 bits per heavy atom. The molecule has 1 spiro atoms. The molecule has 2 aliphatic heterocycles. The van der Waals surface area contributed by atoms with Gasteiger partial charge < -0.3 is 15.0 Å². The van der Waals surface area contributed by atoms with E-state index in [-0.39, 0.29) is 17.4 Å². The van der Waals surface area contributed by atoms with Crippen molar-refractivity contribution >= 4 is 23.2 Å². The second-order valence-corrected chi connectivity index (χ2v) is 9.07. The Bertz CT molecular complexity index is 814. The highest BCUT2D eigenvalue weighted by Crippen LogP contribution is 2.39. The predicted octanol–water partition coefficient (Wildman–Crippen LogP) is 3.86. The molecule has 3 heterocycles. The van der Waals surface area contributed by atoms with Gasteiger partial charge in [0.1, 0.15) is 0 Å². The molecule has 1 aromatic heterocycles. The normalized spacial score (nSPS) is 21.1. The summed E-state index contributed by atoms with van der Waals surface area (Å²) in [5, 5.41) is 4.98. The predicted molar refractivity (Wildman–Crippen MR) is 114 cm³/mol. The summed E-state index contributed by atoms with van der Waals surface area (Å²) in [5.74, 6) is 0.586. The van der Waals surface area contributed by atoms with Crippen molar-refractivity contribution in [3.8, 4) is 0 Å². The average molecular weight is 413 g/mol. The quantitative estimate of drug-likeness (QED) is 0.811. The van der Waals surface area contributed by atoms with E-state index in [1.54, 1.807) is 0 Å². The molecule has 2 aromatic rings. The van der Waals surface area contributed by atoms with E-state index in [4.69, 9.17) is 4.74 Å². The zero-order valence-corrected chi connectivity index (χ0v) is 17.5. The highest BCUT2D eigenvalue weighted by molar-refractivity contribution is 7.12. The number of piperidine rings is 1. The molecule has 1 unspecified atom stereocenters. The number of nitrogens with one attached hydrogen (secondary N) is 1. The average Bonchev–Trinajstić information content (AvgIpc) is 3.28. The Labute approximate surface area is 176 Å². The molecule has 2 fully saturated rings. The van der Waals surface area contributed by atoms with Crippen LogP contribution in [-0.2, 0) is 16.1 Å². The summed E-state index contributed by atoms with van der Waals surface area (Å²) in [4.78, 5) is 27.7. The smallest absolute Gasteiger partial charge is 0.263 e. The molecule has 0 saturated carbocycles. The minimum atomic E-state index is -0.172. The molecule has 1 aromatic carbocycles. The number of carbonyl (C=O) groups is 2. The van der Waals surface area contributed by atoms with E-state index in [9.17, 15) is 9.59 Å². The van der Waals surface area contributed by atoms with Crippen LogP contribution in [-0.4, -0.2) is 42.0 Å². The van der Waals surface area contributed by atoms with Crippen LogP contribution in [0.2, 0.25) is 0 Å². The molecule has 0 radical (unpaired) electrons. The van der Waals surface area contributed by atoms with Crippen molar-refractivity contribution in [2.24, 2.45) is 5.92 Å². The Morgan fingerprint density at radius 3 is 2.66 bits per heavy atom. The summed E-state index contributed by atoms with van der Waals surface area (Å²) in [5.41, 5.74) is 0.946. The first-order chi connectivity index (χ1) is 14.1. The standard InChI is InChI=1S/C23H28N2O3S/c26-21(24-17-18-5-2-1-3-6-18)15-19-8-13-28-23(16-19)9-11-25(12-10-23)22(27)20-7-4-14-29-20/h1-7,14,19H,8-13,15-17H2,(H,24,26). The van der Waals surface area contributed by atoms with E-state index in [1.807, 2.05) is 52.7 Å². The number of benzene rings is 1. The van der Waals surface area contributed by atoms with Crippen molar-refractivity contribution in [3.05, 3.63) is 58.3 Å². The minimum Gasteiger partial charge on any atom is -0.375 e. The summed E-state index contributed by atoms with van der Waals surface area (Å²) in [6.07, 6.45) is 4.10. The number of hydrogen-bond donors (Lipinski definition) is 1. The fourth-order valence-corrected chi connectivity index (χ4v) is 5.15. The number of hydrogen-bond acceptors (Lipinski definition) is 4. The molecule has 5 nitrogen and oxygen atoms in total. The molecule has 0 aliphatic carbocycles. The van der Waals surface area contributed by atoms with Crippen LogP contribution in [0.15, 0.2) is 47.8 Å². The molecular weight excluding hydrogens is 384 g/mol. The number of thiophene rings is 1. The molecule has 2 amide bonds. The second-order valence-electron chi connectivity index (χ2n) is 8.13. The van der Waals surface area contributed by atoms with Crippen molar-refractivity contribution < 1.29 is 14.3 Å². The SMILES string of the molecule is O=C(CC1CCOC2(CCN(C(=O)c3cccs3)CC2)C1)NCc1ccccc1. The molecule has 6 heteroatoms. The maximum absolute atomic E-state index is 12.6. The highest BCUT2D eigenvalue weighted by atomic mass is 32.1. The van der Waals surface area contributed by atoms with Gasteiger partial charge in [0.05, 0.1) is 10.5 Å². The monoisotopic (exact) mass is 412 g/mol. The van der Waals surface area contributed by atoms with Gasteiger partial charge in [-0.25, -0.2) is 0 Å². The van der Waals surface area contributed by atoms with E-state index >= 15 is 0 Å². The Kier molecular flexibility index (Phi) is 6.31. The van der Waals surface area contributed by atoms with E-state index < -0.39 is 0 Å². The Morgan fingerprint density at radius 2 is 1.93 bits per heavy atom. The molecule has 2 saturated heterocycles. The maximum Gasteiger partial charge on any atom is 0.263 e. The summed E-state index contributed by atoms with van der Waals surface area (Å²) in [7, 11) is 0. The van der Waals surface area contributed by atoms with Crippen molar-refractivity contribution in [2.45, 2.75) is 44.2 Å². The molecular formula is C23H28N2O3S. The van der Waals surface area contributed by atoms with Crippen LogP contribution in [0.25, 0.3) is 0 Å². The largest absolute Gasteiger partial charge is 0.375 e. The van der Waals surface area contributed by atoms with Crippen LogP contribution in [0, 0.1) is 5.92 Å². The number of likely N-dealkylation sites (tertiary alicyclic amines) is 1. The van der Waals surface area contributed by atoms with Gasteiger partial charge in [0.15, 0.2) is 0 Å². The van der Waals surface area contributed by atoms with Crippen LogP contribution in [0.4, 0.5) is 0 Å². The molecule has 0 bridgehead atoms. The number of nitrogens with zero attached hydrogens (tertiary/aromatic N) is 1. The molecule has 1 atom stereocenters. The second kappa shape index (κ2) is 9.09.